The summed E-state index contributed by atoms with van der Waals surface area (Å²) in [5.41, 5.74) is 1.29. The van der Waals surface area contributed by atoms with E-state index in [9.17, 15) is 4.79 Å². The number of carbonyl (C=O) groups excluding carboxylic acids is 1. The number of carbonyl (C=O) groups is 1. The third kappa shape index (κ3) is 3.02. The maximum Gasteiger partial charge on any atom is 0.325 e. The molecule has 0 aliphatic heterocycles. The van der Waals surface area contributed by atoms with Crippen LogP contribution in [0.2, 0.25) is 0 Å². The van der Waals surface area contributed by atoms with Gasteiger partial charge in [-0.1, -0.05) is 6.58 Å². The molecule has 0 aliphatic rings. The Bertz CT molecular complexity index is 371. The smallest absolute Gasteiger partial charge is 0.325 e. The Morgan fingerprint density at radius 3 is 2.40 bits per heavy atom. The molecule has 0 saturated heterocycles. The first-order valence-corrected chi connectivity index (χ1v) is 4.50. The number of allylic oxidation sites excluding steroid dienone is 1. The van der Waals surface area contributed by atoms with Gasteiger partial charge in [-0.05, 0) is 31.2 Å². The van der Waals surface area contributed by atoms with Crippen molar-refractivity contribution in [3.63, 3.8) is 0 Å². The molecule has 15 heavy (non-hydrogen) atoms. The Morgan fingerprint density at radius 1 is 1.40 bits per heavy atom. The fraction of sp³-hybridized carbons (Fsp3) is 0.182. The number of phenols is 1. The number of nitrogens with one attached hydrogen (secondary N) is 1. The summed E-state index contributed by atoms with van der Waals surface area (Å²) in [5, 5.41) is 11.7. The Kier molecular flexibility index (Phi) is 3.33. The lowest BCUT2D eigenvalue weighted by molar-refractivity contribution is 0.250. The molecule has 0 saturated carbocycles. The molecular formula is C11H14N2O2. The number of hydrogen-bond acceptors (Lipinski definition) is 2. The van der Waals surface area contributed by atoms with Crippen LogP contribution in [0.25, 0.3) is 0 Å². The van der Waals surface area contributed by atoms with E-state index in [0.717, 1.165) is 0 Å². The van der Waals surface area contributed by atoms with Crippen molar-refractivity contribution >= 4 is 11.7 Å². The van der Waals surface area contributed by atoms with Gasteiger partial charge in [-0.3, -0.25) is 4.90 Å². The second-order valence-corrected chi connectivity index (χ2v) is 3.29. The van der Waals surface area contributed by atoms with Crippen molar-refractivity contribution in [2.45, 2.75) is 6.92 Å². The van der Waals surface area contributed by atoms with E-state index >= 15 is 0 Å². The van der Waals surface area contributed by atoms with E-state index < -0.39 is 0 Å². The number of benzene rings is 1. The molecule has 1 aromatic carbocycles. The summed E-state index contributed by atoms with van der Waals surface area (Å²) in [7, 11) is 1.64. The minimum absolute atomic E-state index is 0.174. The summed E-state index contributed by atoms with van der Waals surface area (Å²) in [6, 6.07) is 6.12. The molecular weight excluding hydrogens is 192 g/mol. The van der Waals surface area contributed by atoms with Crippen LogP contribution in [-0.4, -0.2) is 18.2 Å². The summed E-state index contributed by atoms with van der Waals surface area (Å²) in [6.45, 7) is 5.30. The third-order valence-electron chi connectivity index (χ3n) is 1.86. The molecule has 0 fully saturated rings. The first-order valence-electron chi connectivity index (χ1n) is 4.50. The summed E-state index contributed by atoms with van der Waals surface area (Å²) < 4.78 is 0. The topological polar surface area (TPSA) is 52.6 Å². The summed E-state index contributed by atoms with van der Waals surface area (Å²) in [4.78, 5) is 13.0. The van der Waals surface area contributed by atoms with Gasteiger partial charge in [0, 0.05) is 18.4 Å². The molecule has 1 rings (SSSR count). The van der Waals surface area contributed by atoms with E-state index in [1.807, 2.05) is 0 Å². The van der Waals surface area contributed by atoms with Crippen molar-refractivity contribution in [1.82, 2.24) is 5.32 Å². The van der Waals surface area contributed by atoms with Crippen LogP contribution >= 0.6 is 0 Å². The molecule has 4 heteroatoms. The van der Waals surface area contributed by atoms with Crippen molar-refractivity contribution in [3.05, 3.63) is 36.5 Å². The minimum atomic E-state index is -0.256. The number of urea groups is 1. The summed E-state index contributed by atoms with van der Waals surface area (Å²) in [5.74, 6) is 0.174. The number of aromatic hydroxyl groups is 1. The fourth-order valence-corrected chi connectivity index (χ4v) is 1.06. The second kappa shape index (κ2) is 4.50. The lowest BCUT2D eigenvalue weighted by Gasteiger charge is -2.17. The predicted octanol–water partition coefficient (Wildman–Crippen LogP) is 2.07. The van der Waals surface area contributed by atoms with Gasteiger partial charge in [-0.2, -0.15) is 0 Å². The van der Waals surface area contributed by atoms with Crippen LogP contribution in [0.15, 0.2) is 36.5 Å². The SMILES string of the molecule is C=C(C)NC(=O)N(C)c1ccc(O)cc1. The first-order chi connectivity index (χ1) is 7.00. The third-order valence-corrected chi connectivity index (χ3v) is 1.86. The van der Waals surface area contributed by atoms with Crippen LogP contribution in [0.1, 0.15) is 6.92 Å². The fourth-order valence-electron chi connectivity index (χ4n) is 1.06. The molecule has 0 aliphatic carbocycles. The molecule has 0 radical (unpaired) electrons. The highest BCUT2D eigenvalue weighted by molar-refractivity contribution is 5.92. The van der Waals surface area contributed by atoms with Gasteiger partial charge in [0.25, 0.3) is 0 Å². The van der Waals surface area contributed by atoms with Gasteiger partial charge in [0.1, 0.15) is 5.75 Å². The van der Waals surface area contributed by atoms with Gasteiger partial charge in [0.05, 0.1) is 0 Å². The highest BCUT2D eigenvalue weighted by atomic mass is 16.3. The van der Waals surface area contributed by atoms with E-state index in [1.165, 1.54) is 17.0 Å². The zero-order valence-corrected chi connectivity index (χ0v) is 8.82. The molecule has 2 amide bonds. The zero-order chi connectivity index (χ0) is 11.4. The molecule has 0 bridgehead atoms. The molecule has 4 nitrogen and oxygen atoms in total. The first kappa shape index (κ1) is 11.1. The molecule has 1 aromatic rings. The van der Waals surface area contributed by atoms with Crippen LogP contribution in [0, 0.1) is 0 Å². The number of anilines is 1. The molecule has 2 N–H and O–H groups in total. The standard InChI is InChI=1S/C11H14N2O2/c1-8(2)12-11(15)13(3)9-4-6-10(14)7-5-9/h4-7,14H,1H2,2-3H3,(H,12,15). The molecule has 0 aromatic heterocycles. The predicted molar refractivity (Wildman–Crippen MR) is 59.9 cm³/mol. The van der Waals surface area contributed by atoms with Gasteiger partial charge in [0.15, 0.2) is 0 Å². The van der Waals surface area contributed by atoms with Crippen molar-refractivity contribution in [2.24, 2.45) is 0 Å². The van der Waals surface area contributed by atoms with Gasteiger partial charge in [0.2, 0.25) is 0 Å². The Morgan fingerprint density at radius 2 is 1.93 bits per heavy atom. The van der Waals surface area contributed by atoms with Gasteiger partial charge >= 0.3 is 6.03 Å². The number of amides is 2. The van der Waals surface area contributed by atoms with Gasteiger partial charge < -0.3 is 10.4 Å². The second-order valence-electron chi connectivity index (χ2n) is 3.29. The molecule has 0 unspecified atom stereocenters. The van der Waals surface area contributed by atoms with E-state index in [4.69, 9.17) is 5.11 Å². The number of nitrogens with zero attached hydrogens (tertiary/aromatic N) is 1. The van der Waals surface area contributed by atoms with Crippen molar-refractivity contribution in [3.8, 4) is 5.75 Å². The summed E-state index contributed by atoms with van der Waals surface area (Å²) >= 11 is 0. The van der Waals surface area contributed by atoms with E-state index in [2.05, 4.69) is 11.9 Å². The maximum atomic E-state index is 11.5. The maximum absolute atomic E-state index is 11.5. The van der Waals surface area contributed by atoms with Crippen LogP contribution < -0.4 is 10.2 Å². The highest BCUT2D eigenvalue weighted by Gasteiger charge is 2.09. The van der Waals surface area contributed by atoms with Gasteiger partial charge in [-0.15, -0.1) is 0 Å². The molecule has 0 heterocycles. The van der Waals surface area contributed by atoms with Crippen LogP contribution in [0.3, 0.4) is 0 Å². The normalized spacial score (nSPS) is 9.47. The van der Waals surface area contributed by atoms with E-state index in [1.54, 1.807) is 26.1 Å². The molecule has 80 valence electrons. The quantitative estimate of drug-likeness (QED) is 0.778. The van der Waals surface area contributed by atoms with E-state index in [0.29, 0.717) is 11.4 Å². The largest absolute Gasteiger partial charge is 0.508 e. The minimum Gasteiger partial charge on any atom is -0.508 e. The number of hydrogen-bond donors (Lipinski definition) is 2. The Labute approximate surface area is 88.8 Å². The van der Waals surface area contributed by atoms with Crippen molar-refractivity contribution in [2.75, 3.05) is 11.9 Å². The average Bonchev–Trinajstić information content (AvgIpc) is 2.17. The highest BCUT2D eigenvalue weighted by Crippen LogP contribution is 2.17. The number of phenolic OH excluding ortho intramolecular Hbond substituents is 1. The zero-order valence-electron chi connectivity index (χ0n) is 8.82. The van der Waals surface area contributed by atoms with Crippen molar-refractivity contribution < 1.29 is 9.90 Å². The van der Waals surface area contributed by atoms with Crippen LogP contribution in [-0.2, 0) is 0 Å². The summed E-state index contributed by atoms with van der Waals surface area (Å²) in [6.07, 6.45) is 0. The monoisotopic (exact) mass is 206 g/mol. The average molecular weight is 206 g/mol. The van der Waals surface area contributed by atoms with Crippen LogP contribution in [0.4, 0.5) is 10.5 Å². The van der Waals surface area contributed by atoms with Crippen LogP contribution in [0.5, 0.6) is 5.75 Å². The Balaban J connectivity index is 2.76. The Hall–Kier alpha value is -1.97. The molecule has 0 spiro atoms. The molecule has 0 atom stereocenters. The van der Waals surface area contributed by atoms with Gasteiger partial charge in [-0.25, -0.2) is 4.79 Å². The number of rotatable bonds is 2. The lowest BCUT2D eigenvalue weighted by atomic mass is 10.3. The lowest BCUT2D eigenvalue weighted by Crippen LogP contribution is -2.35. The van der Waals surface area contributed by atoms with E-state index in [-0.39, 0.29) is 11.8 Å². The van der Waals surface area contributed by atoms with Crippen molar-refractivity contribution in [1.29, 1.82) is 0 Å².